The molecule has 1 heterocycles. The van der Waals surface area contributed by atoms with Crippen molar-refractivity contribution in [2.24, 2.45) is 0 Å². The van der Waals surface area contributed by atoms with Crippen LogP contribution in [0.2, 0.25) is 0 Å². The van der Waals surface area contributed by atoms with Crippen molar-refractivity contribution in [3.63, 3.8) is 0 Å². The summed E-state index contributed by atoms with van der Waals surface area (Å²) in [5.74, 6) is 1.78. The Balaban J connectivity index is 1.67. The van der Waals surface area contributed by atoms with Crippen molar-refractivity contribution in [1.82, 2.24) is 14.8 Å². The van der Waals surface area contributed by atoms with Crippen LogP contribution in [0.25, 0.3) is 5.69 Å². The number of hydrogen-bond acceptors (Lipinski definition) is 7. The van der Waals surface area contributed by atoms with Gasteiger partial charge < -0.3 is 9.47 Å². The summed E-state index contributed by atoms with van der Waals surface area (Å²) in [4.78, 5) is 11.4. The Labute approximate surface area is 241 Å². The molecule has 0 saturated carbocycles. The predicted molar refractivity (Wildman–Crippen MR) is 157 cm³/mol. The molecule has 0 amide bonds. The first-order valence-corrected chi connectivity index (χ1v) is 14.3. The molecule has 0 unspecified atom stereocenters. The van der Waals surface area contributed by atoms with Crippen molar-refractivity contribution in [1.29, 1.82) is 0 Å². The van der Waals surface area contributed by atoms with Crippen LogP contribution < -0.4 is 9.47 Å². The Hall–Kier alpha value is -3.37. The fourth-order valence-corrected chi connectivity index (χ4v) is 5.80. The van der Waals surface area contributed by atoms with Gasteiger partial charge in [0.1, 0.15) is 17.7 Å². The van der Waals surface area contributed by atoms with E-state index >= 15 is 0 Å². The molecule has 8 nitrogen and oxygen atoms in total. The van der Waals surface area contributed by atoms with Gasteiger partial charge in [0, 0.05) is 10.6 Å². The van der Waals surface area contributed by atoms with Gasteiger partial charge in [-0.15, -0.1) is 10.2 Å². The smallest absolute Gasteiger partial charge is 0.220 e. The minimum Gasteiger partial charge on any atom is -0.490 e. The third-order valence-electron chi connectivity index (χ3n) is 6.31. The normalized spacial score (nSPS) is 11.8. The Bertz CT molecular complexity index is 1470. The maximum atomic E-state index is 11.7. The summed E-state index contributed by atoms with van der Waals surface area (Å²) in [5.41, 5.74) is 6.17. The summed E-state index contributed by atoms with van der Waals surface area (Å²) in [6.07, 6.45) is 0. The van der Waals surface area contributed by atoms with Crippen LogP contribution in [0, 0.1) is 37.8 Å². The van der Waals surface area contributed by atoms with E-state index in [-0.39, 0.29) is 11.5 Å². The van der Waals surface area contributed by atoms with Crippen molar-refractivity contribution in [2.75, 3.05) is 13.2 Å². The monoisotopic (exact) mass is 610 g/mol. The third-order valence-corrected chi connectivity index (χ3v) is 8.08. The van der Waals surface area contributed by atoms with E-state index < -0.39 is 5.25 Å². The molecule has 4 rings (SSSR count). The SMILES string of the molecule is CCOc1cc([C@@H](C[N+](=O)[O-])Sc2nnc(C)n2-c2ccc(C)c(C)c2)cc(Br)c1OCc1ccc(C)cc1. The number of aryl methyl sites for hydroxylation is 4. The number of nitro groups is 1. The highest BCUT2D eigenvalue weighted by Gasteiger charge is 2.26. The second-order valence-corrected chi connectivity index (χ2v) is 11.3. The standard InChI is InChI=1S/C29H31BrN4O4S/c1-6-37-26-15-23(14-25(30)28(26)38-17-22-10-7-18(2)8-11-22)27(16-33(35)36)39-29-32-31-21(5)34(29)24-12-9-19(3)20(4)13-24/h7-15,27H,6,16-17H2,1-5H3/t27-/m1/s1. The van der Waals surface area contributed by atoms with Gasteiger partial charge in [0.15, 0.2) is 16.7 Å². The zero-order chi connectivity index (χ0) is 28.1. The molecule has 0 aliphatic rings. The van der Waals surface area contributed by atoms with Crippen molar-refractivity contribution in [2.45, 2.75) is 51.6 Å². The minimum atomic E-state index is -0.546. The highest BCUT2D eigenvalue weighted by Crippen LogP contribution is 2.43. The van der Waals surface area contributed by atoms with E-state index in [1.54, 1.807) is 0 Å². The average molecular weight is 612 g/mol. The van der Waals surface area contributed by atoms with Crippen LogP contribution >= 0.6 is 27.7 Å². The lowest BCUT2D eigenvalue weighted by Gasteiger charge is -2.19. The summed E-state index contributed by atoms with van der Waals surface area (Å²) in [6.45, 7) is 10.4. The number of ether oxygens (including phenoxy) is 2. The Morgan fingerprint density at radius 3 is 2.41 bits per heavy atom. The first-order chi connectivity index (χ1) is 18.7. The Morgan fingerprint density at radius 1 is 1.00 bits per heavy atom. The highest BCUT2D eigenvalue weighted by atomic mass is 79.9. The first kappa shape index (κ1) is 28.6. The fraction of sp³-hybridized carbons (Fsp3) is 0.310. The average Bonchev–Trinajstić information content (AvgIpc) is 3.25. The second-order valence-electron chi connectivity index (χ2n) is 9.29. The molecule has 3 aromatic carbocycles. The molecule has 1 aromatic heterocycles. The first-order valence-electron chi connectivity index (χ1n) is 12.6. The lowest BCUT2D eigenvalue weighted by molar-refractivity contribution is -0.479. The zero-order valence-corrected chi connectivity index (χ0v) is 25.0. The van der Waals surface area contributed by atoms with Gasteiger partial charge in [-0.2, -0.15) is 0 Å². The van der Waals surface area contributed by atoms with E-state index in [0.29, 0.717) is 40.2 Å². The minimum absolute atomic E-state index is 0.301. The quantitative estimate of drug-likeness (QED) is 0.0995. The number of nitrogens with zero attached hydrogens (tertiary/aromatic N) is 4. The van der Waals surface area contributed by atoms with E-state index in [4.69, 9.17) is 9.47 Å². The van der Waals surface area contributed by atoms with Gasteiger partial charge in [-0.05, 0) is 97.1 Å². The van der Waals surface area contributed by atoms with Crippen LogP contribution in [0.5, 0.6) is 11.5 Å². The molecule has 0 spiro atoms. The number of halogens is 1. The largest absolute Gasteiger partial charge is 0.490 e. The lowest BCUT2D eigenvalue weighted by Crippen LogP contribution is -2.12. The zero-order valence-electron chi connectivity index (χ0n) is 22.6. The Morgan fingerprint density at radius 2 is 1.74 bits per heavy atom. The molecule has 0 fully saturated rings. The number of benzene rings is 3. The topological polar surface area (TPSA) is 92.3 Å². The van der Waals surface area contributed by atoms with E-state index in [0.717, 1.165) is 22.4 Å². The number of aromatic nitrogens is 3. The molecule has 0 radical (unpaired) electrons. The van der Waals surface area contributed by atoms with Gasteiger partial charge in [0.05, 0.1) is 11.1 Å². The second kappa shape index (κ2) is 12.7. The van der Waals surface area contributed by atoms with Crippen molar-refractivity contribution in [3.05, 3.63) is 103 Å². The van der Waals surface area contributed by atoms with Gasteiger partial charge >= 0.3 is 0 Å². The highest BCUT2D eigenvalue weighted by molar-refractivity contribution is 9.10. The summed E-state index contributed by atoms with van der Waals surface area (Å²) >= 11 is 4.93. The fourth-order valence-electron chi connectivity index (χ4n) is 4.07. The maximum Gasteiger partial charge on any atom is 0.220 e. The van der Waals surface area contributed by atoms with Gasteiger partial charge in [-0.25, -0.2) is 0 Å². The molecule has 4 aromatic rings. The summed E-state index contributed by atoms with van der Waals surface area (Å²) in [5, 5.41) is 20.4. The molecule has 0 N–H and O–H groups in total. The molecule has 0 saturated heterocycles. The van der Waals surface area contributed by atoms with Gasteiger partial charge in [0.2, 0.25) is 6.54 Å². The predicted octanol–water partition coefficient (Wildman–Crippen LogP) is 7.35. The van der Waals surface area contributed by atoms with Gasteiger partial charge in [0.25, 0.3) is 0 Å². The van der Waals surface area contributed by atoms with Crippen LogP contribution in [-0.2, 0) is 6.61 Å². The molecule has 0 aliphatic carbocycles. The molecular formula is C29H31BrN4O4S. The van der Waals surface area contributed by atoms with Crippen LogP contribution in [0.1, 0.15) is 45.8 Å². The molecular weight excluding hydrogens is 580 g/mol. The molecule has 10 heteroatoms. The third kappa shape index (κ3) is 6.99. The van der Waals surface area contributed by atoms with Crippen molar-refractivity contribution < 1.29 is 14.4 Å². The van der Waals surface area contributed by atoms with Gasteiger partial charge in [-0.1, -0.05) is 47.7 Å². The molecule has 1 atom stereocenters. The van der Waals surface area contributed by atoms with Crippen molar-refractivity contribution >= 4 is 27.7 Å². The van der Waals surface area contributed by atoms with Gasteiger partial charge in [-0.3, -0.25) is 14.7 Å². The van der Waals surface area contributed by atoms with Crippen LogP contribution in [0.3, 0.4) is 0 Å². The summed E-state index contributed by atoms with van der Waals surface area (Å²) in [7, 11) is 0. The molecule has 204 valence electrons. The number of hydrogen-bond donors (Lipinski definition) is 0. The Kier molecular flexibility index (Phi) is 9.29. The molecule has 0 aliphatic heterocycles. The number of rotatable bonds is 11. The van der Waals surface area contributed by atoms with E-state index in [2.05, 4.69) is 46.0 Å². The number of thioether (sulfide) groups is 1. The van der Waals surface area contributed by atoms with E-state index in [1.807, 2.05) is 73.9 Å². The molecule has 0 bridgehead atoms. The van der Waals surface area contributed by atoms with Crippen LogP contribution in [0.4, 0.5) is 0 Å². The van der Waals surface area contributed by atoms with Crippen LogP contribution in [0.15, 0.2) is 64.2 Å². The summed E-state index contributed by atoms with van der Waals surface area (Å²) < 4.78 is 14.7. The van der Waals surface area contributed by atoms with Crippen molar-refractivity contribution in [3.8, 4) is 17.2 Å². The van der Waals surface area contributed by atoms with E-state index in [9.17, 15) is 10.1 Å². The molecule has 39 heavy (non-hydrogen) atoms. The van der Waals surface area contributed by atoms with Crippen LogP contribution in [-0.4, -0.2) is 32.8 Å². The lowest BCUT2D eigenvalue weighted by atomic mass is 10.1. The maximum absolute atomic E-state index is 11.7. The van der Waals surface area contributed by atoms with E-state index in [1.165, 1.54) is 22.9 Å². The summed E-state index contributed by atoms with van der Waals surface area (Å²) in [6, 6.07) is 17.9.